The van der Waals surface area contributed by atoms with E-state index in [0.29, 0.717) is 0 Å². The molecule has 2 rings (SSSR count). The molecule has 112 valence electrons. The third kappa shape index (κ3) is 3.00. The maximum Gasteiger partial charge on any atom is 0.356 e. The molecule has 2 N–H and O–H groups in total. The number of hydrogen-bond acceptors (Lipinski definition) is 6. The average molecular weight is 319 g/mol. The highest BCUT2D eigenvalue weighted by atomic mass is 32.2. The smallest absolute Gasteiger partial charge is 0.356 e. The molecule has 0 bridgehead atoms. The van der Waals surface area contributed by atoms with Crippen LogP contribution in [0.15, 0.2) is 9.72 Å². The van der Waals surface area contributed by atoms with Crippen molar-refractivity contribution in [3.63, 3.8) is 0 Å². The van der Waals surface area contributed by atoms with Crippen LogP contribution in [0.2, 0.25) is 0 Å². The van der Waals surface area contributed by atoms with Crippen LogP contribution in [0.4, 0.5) is 0 Å². The van der Waals surface area contributed by atoms with Crippen molar-refractivity contribution >= 4 is 27.3 Å². The van der Waals surface area contributed by atoms with Gasteiger partial charge in [-0.2, -0.15) is 0 Å². The summed E-state index contributed by atoms with van der Waals surface area (Å²) in [7, 11) is -3.91. The van der Waals surface area contributed by atoms with Crippen LogP contribution in [-0.2, 0) is 10.0 Å². The lowest BCUT2D eigenvalue weighted by molar-refractivity contribution is 0.0685. The minimum absolute atomic E-state index is 0.0784. The Morgan fingerprint density at radius 3 is 2.60 bits per heavy atom. The van der Waals surface area contributed by atoms with E-state index in [0.717, 1.165) is 30.6 Å². The van der Waals surface area contributed by atoms with Gasteiger partial charge in [0, 0.05) is 12.1 Å². The van der Waals surface area contributed by atoms with E-state index < -0.39 is 21.7 Å². The van der Waals surface area contributed by atoms with Crippen LogP contribution in [0.3, 0.4) is 0 Å². The molecule has 0 aliphatic carbocycles. The van der Waals surface area contributed by atoms with Gasteiger partial charge in [0.15, 0.2) is 9.90 Å². The van der Waals surface area contributed by atoms with Crippen LogP contribution >= 0.6 is 11.3 Å². The zero-order valence-electron chi connectivity index (χ0n) is 11.2. The Morgan fingerprint density at radius 2 is 2.05 bits per heavy atom. The zero-order chi connectivity index (χ0) is 14.9. The summed E-state index contributed by atoms with van der Waals surface area (Å²) in [5.41, 5.74) is 0.793. The number of aromatic carboxylic acids is 1. The van der Waals surface area contributed by atoms with Gasteiger partial charge >= 0.3 is 5.97 Å². The standard InChI is InChI=1S/C11H17N3O4S2/c1-7-4-3-5-8(2)14(7)13-20(17,18)11-9(10(15)16)12-6-19-11/h6-8,13H,3-5H2,1-2H3,(H,15,16). The van der Waals surface area contributed by atoms with Crippen molar-refractivity contribution in [2.45, 2.75) is 49.4 Å². The van der Waals surface area contributed by atoms with Crippen molar-refractivity contribution in [2.75, 3.05) is 0 Å². The Labute approximate surface area is 121 Å². The number of aromatic nitrogens is 1. The van der Waals surface area contributed by atoms with Gasteiger partial charge in [-0.25, -0.2) is 23.2 Å². The molecule has 1 fully saturated rings. The van der Waals surface area contributed by atoms with Crippen molar-refractivity contribution in [3.05, 3.63) is 11.2 Å². The summed E-state index contributed by atoms with van der Waals surface area (Å²) in [6, 6.07) is 0.157. The molecule has 0 saturated carbocycles. The number of hydrogen-bond donors (Lipinski definition) is 2. The molecule has 20 heavy (non-hydrogen) atoms. The van der Waals surface area contributed by atoms with Gasteiger partial charge in [-0.1, -0.05) is 6.42 Å². The first kappa shape index (κ1) is 15.4. The number of hydrazine groups is 1. The summed E-state index contributed by atoms with van der Waals surface area (Å²) in [6.45, 7) is 3.89. The Hall–Kier alpha value is -1.03. The summed E-state index contributed by atoms with van der Waals surface area (Å²) in [4.78, 5) is 17.1. The molecule has 1 saturated heterocycles. The monoisotopic (exact) mass is 319 g/mol. The highest BCUT2D eigenvalue weighted by molar-refractivity contribution is 7.91. The Balaban J connectivity index is 2.27. The lowest BCUT2D eigenvalue weighted by Crippen LogP contribution is -2.53. The predicted molar refractivity (Wildman–Crippen MR) is 74.0 cm³/mol. The van der Waals surface area contributed by atoms with Crippen molar-refractivity contribution in [1.29, 1.82) is 0 Å². The number of carboxylic acid groups (broad SMARTS) is 1. The molecule has 2 atom stereocenters. The molecule has 0 spiro atoms. The molecule has 1 aliphatic rings. The van der Waals surface area contributed by atoms with Crippen molar-refractivity contribution in [2.24, 2.45) is 0 Å². The van der Waals surface area contributed by atoms with Crippen LogP contribution in [0.1, 0.15) is 43.6 Å². The van der Waals surface area contributed by atoms with Gasteiger partial charge < -0.3 is 5.11 Å². The minimum Gasteiger partial charge on any atom is -0.476 e. The molecular formula is C11H17N3O4S2. The molecule has 0 radical (unpaired) electrons. The van der Waals surface area contributed by atoms with Gasteiger partial charge in [0.2, 0.25) is 0 Å². The number of piperidine rings is 1. The molecule has 1 aromatic rings. The second-order valence-electron chi connectivity index (χ2n) is 4.92. The van der Waals surface area contributed by atoms with E-state index in [-0.39, 0.29) is 16.3 Å². The maximum absolute atomic E-state index is 12.3. The third-order valence-corrected chi connectivity index (χ3v) is 6.10. The quantitative estimate of drug-likeness (QED) is 0.867. The SMILES string of the molecule is CC1CCCC(C)N1NS(=O)(=O)c1scnc1C(=O)O. The Bertz CT molecular complexity index is 589. The van der Waals surface area contributed by atoms with Gasteiger partial charge in [-0.3, -0.25) is 0 Å². The van der Waals surface area contributed by atoms with Gasteiger partial charge in [-0.05, 0) is 26.7 Å². The fourth-order valence-electron chi connectivity index (χ4n) is 2.35. The van der Waals surface area contributed by atoms with E-state index in [2.05, 4.69) is 9.82 Å². The summed E-state index contributed by atoms with van der Waals surface area (Å²) < 4.78 is 24.4. The van der Waals surface area contributed by atoms with Crippen molar-refractivity contribution in [1.82, 2.24) is 14.8 Å². The first-order chi connectivity index (χ1) is 9.33. The fraction of sp³-hybridized carbons (Fsp3) is 0.636. The van der Waals surface area contributed by atoms with Gasteiger partial charge in [0.05, 0.1) is 5.51 Å². The second-order valence-corrected chi connectivity index (χ2v) is 7.64. The largest absolute Gasteiger partial charge is 0.476 e. The average Bonchev–Trinajstić information content (AvgIpc) is 2.84. The van der Waals surface area contributed by atoms with E-state index in [4.69, 9.17) is 5.11 Å². The predicted octanol–water partition coefficient (Wildman–Crippen LogP) is 1.30. The normalized spacial score (nSPS) is 24.7. The summed E-state index contributed by atoms with van der Waals surface area (Å²) in [5, 5.41) is 10.7. The van der Waals surface area contributed by atoms with Crippen LogP contribution in [-0.4, -0.2) is 41.6 Å². The van der Waals surface area contributed by atoms with Crippen LogP contribution in [0.5, 0.6) is 0 Å². The highest BCUT2D eigenvalue weighted by Gasteiger charge is 2.32. The number of nitrogens with zero attached hydrogens (tertiary/aromatic N) is 2. The molecule has 0 amide bonds. The van der Waals surface area contributed by atoms with Gasteiger partial charge in [-0.15, -0.1) is 16.2 Å². The Kier molecular flexibility index (Phi) is 4.43. The summed E-state index contributed by atoms with van der Waals surface area (Å²) >= 11 is 0.807. The van der Waals surface area contributed by atoms with Gasteiger partial charge in [0.1, 0.15) is 0 Å². The first-order valence-corrected chi connectivity index (χ1v) is 8.66. The van der Waals surface area contributed by atoms with Crippen molar-refractivity contribution < 1.29 is 18.3 Å². The fourth-order valence-corrected chi connectivity index (χ4v) is 4.72. The van der Waals surface area contributed by atoms with Crippen LogP contribution < -0.4 is 4.83 Å². The van der Waals surface area contributed by atoms with Crippen molar-refractivity contribution in [3.8, 4) is 0 Å². The zero-order valence-corrected chi connectivity index (χ0v) is 12.9. The first-order valence-electron chi connectivity index (χ1n) is 6.30. The number of carboxylic acids is 1. The van der Waals surface area contributed by atoms with E-state index >= 15 is 0 Å². The summed E-state index contributed by atoms with van der Waals surface area (Å²) in [5.74, 6) is -1.34. The minimum atomic E-state index is -3.91. The summed E-state index contributed by atoms with van der Waals surface area (Å²) in [6.07, 6.45) is 2.87. The second kappa shape index (κ2) is 5.76. The van der Waals surface area contributed by atoms with E-state index in [1.807, 2.05) is 13.8 Å². The molecule has 9 heteroatoms. The number of rotatable bonds is 4. The molecular weight excluding hydrogens is 302 g/mol. The molecule has 1 aromatic heterocycles. The van der Waals surface area contributed by atoms with E-state index in [1.165, 1.54) is 5.51 Å². The lowest BCUT2D eigenvalue weighted by Gasteiger charge is -2.38. The molecule has 7 nitrogen and oxygen atoms in total. The maximum atomic E-state index is 12.3. The lowest BCUT2D eigenvalue weighted by atomic mass is 10.0. The number of carbonyl (C=O) groups is 1. The number of nitrogens with one attached hydrogen (secondary N) is 1. The Morgan fingerprint density at radius 1 is 1.45 bits per heavy atom. The van der Waals surface area contributed by atoms with Crippen LogP contribution in [0, 0.1) is 0 Å². The van der Waals surface area contributed by atoms with E-state index in [9.17, 15) is 13.2 Å². The highest BCUT2D eigenvalue weighted by Crippen LogP contribution is 2.24. The molecule has 2 unspecified atom stereocenters. The molecule has 0 aromatic carbocycles. The molecule has 2 heterocycles. The number of thiazole rings is 1. The van der Waals surface area contributed by atoms with E-state index in [1.54, 1.807) is 5.01 Å². The van der Waals surface area contributed by atoms with Crippen LogP contribution in [0.25, 0.3) is 0 Å². The molecule has 1 aliphatic heterocycles. The third-order valence-electron chi connectivity index (χ3n) is 3.40. The topological polar surface area (TPSA) is 99.6 Å². The number of sulfonamides is 1. The van der Waals surface area contributed by atoms with Gasteiger partial charge in [0.25, 0.3) is 10.0 Å².